The number of carboxylic acids is 1. The summed E-state index contributed by atoms with van der Waals surface area (Å²) in [5, 5.41) is 18.4. The van der Waals surface area contributed by atoms with E-state index in [1.54, 1.807) is 0 Å². The van der Waals surface area contributed by atoms with Gasteiger partial charge in [0.15, 0.2) is 0 Å². The van der Waals surface area contributed by atoms with E-state index >= 15 is 0 Å². The number of hydrogen-bond acceptors (Lipinski definition) is 3. The summed E-state index contributed by atoms with van der Waals surface area (Å²) in [7, 11) is 0. The molecule has 0 radical (unpaired) electrons. The summed E-state index contributed by atoms with van der Waals surface area (Å²) < 4.78 is 33.4. The third kappa shape index (κ3) is 2.50. The predicted octanol–water partition coefficient (Wildman–Crippen LogP) is 3.90. The van der Waals surface area contributed by atoms with Crippen LogP contribution in [0.3, 0.4) is 0 Å². The molecule has 0 bridgehead atoms. The zero-order valence-electron chi connectivity index (χ0n) is 12.6. The van der Waals surface area contributed by atoms with Gasteiger partial charge < -0.3 is 9.84 Å². The van der Waals surface area contributed by atoms with Crippen LogP contribution >= 0.6 is 0 Å². The molecule has 0 saturated heterocycles. The van der Waals surface area contributed by atoms with E-state index in [1.165, 1.54) is 25.1 Å². The lowest BCUT2D eigenvalue weighted by molar-refractivity contribution is 0.0696. The van der Waals surface area contributed by atoms with Gasteiger partial charge in [-0.1, -0.05) is 6.07 Å². The molecule has 0 atom stereocenters. The molecule has 6 heteroatoms. The van der Waals surface area contributed by atoms with Gasteiger partial charge in [0.2, 0.25) is 0 Å². The molecule has 1 heterocycles. The minimum atomic E-state index is -1.11. The lowest BCUT2D eigenvalue weighted by atomic mass is 9.90. The standard InChI is InChI=1S/C18H11F2NO3/c1-9(7-21)16-13-3-2-10(18(22)23)4-11(13)8-24-15-6-12(19)5-14(20)17(15)16/h2-6H,8H2,1H3,(H,22,23)/b16-9+. The quantitative estimate of drug-likeness (QED) is 0.807. The number of hydrogen-bond donors (Lipinski definition) is 1. The Hall–Kier alpha value is -3.20. The zero-order valence-corrected chi connectivity index (χ0v) is 12.6. The number of fused-ring (bicyclic) bond motifs is 2. The molecule has 0 spiro atoms. The molecule has 2 aromatic rings. The SMILES string of the molecule is C/C(C#N)=C1/c2ccc(C(=O)O)cc2COc2cc(F)cc(F)c21. The van der Waals surface area contributed by atoms with Crippen LogP contribution < -0.4 is 4.74 Å². The highest BCUT2D eigenvalue weighted by molar-refractivity contribution is 5.92. The molecule has 1 aliphatic rings. The van der Waals surface area contributed by atoms with Crippen LogP contribution in [0, 0.1) is 23.0 Å². The summed E-state index contributed by atoms with van der Waals surface area (Å²) in [5.41, 5.74) is 1.51. The van der Waals surface area contributed by atoms with Crippen LogP contribution in [0.25, 0.3) is 5.57 Å². The van der Waals surface area contributed by atoms with Gasteiger partial charge in [0.1, 0.15) is 24.0 Å². The van der Waals surface area contributed by atoms with Crippen molar-refractivity contribution in [3.05, 3.63) is 69.8 Å². The summed E-state index contributed by atoms with van der Waals surface area (Å²) in [5.74, 6) is -2.77. The first-order valence-corrected chi connectivity index (χ1v) is 7.02. The molecule has 0 amide bonds. The second-order valence-electron chi connectivity index (χ2n) is 5.34. The molecular weight excluding hydrogens is 316 g/mol. The van der Waals surface area contributed by atoms with Crippen molar-refractivity contribution in [2.24, 2.45) is 0 Å². The van der Waals surface area contributed by atoms with Gasteiger partial charge in [0.25, 0.3) is 0 Å². The number of benzene rings is 2. The van der Waals surface area contributed by atoms with Gasteiger partial charge in [-0.15, -0.1) is 0 Å². The number of allylic oxidation sites excluding steroid dienone is 1. The number of carboxylic acid groups (broad SMARTS) is 1. The number of nitriles is 1. The van der Waals surface area contributed by atoms with Crippen LogP contribution in [0.15, 0.2) is 35.9 Å². The number of aromatic carboxylic acids is 1. The fourth-order valence-electron chi connectivity index (χ4n) is 2.73. The average molecular weight is 327 g/mol. The molecule has 2 aromatic carbocycles. The van der Waals surface area contributed by atoms with Crippen LogP contribution in [0.5, 0.6) is 5.75 Å². The van der Waals surface area contributed by atoms with E-state index in [0.717, 1.165) is 12.1 Å². The van der Waals surface area contributed by atoms with Crippen molar-refractivity contribution in [1.29, 1.82) is 5.26 Å². The summed E-state index contributed by atoms with van der Waals surface area (Å²) >= 11 is 0. The van der Waals surface area contributed by atoms with Gasteiger partial charge in [0.05, 0.1) is 17.2 Å². The number of ether oxygens (including phenoxy) is 1. The van der Waals surface area contributed by atoms with Crippen molar-refractivity contribution in [2.45, 2.75) is 13.5 Å². The van der Waals surface area contributed by atoms with Gasteiger partial charge in [-0.3, -0.25) is 0 Å². The van der Waals surface area contributed by atoms with Crippen molar-refractivity contribution in [1.82, 2.24) is 0 Å². The van der Waals surface area contributed by atoms with Crippen LogP contribution in [-0.2, 0) is 6.61 Å². The second kappa shape index (κ2) is 5.78. The Morgan fingerprint density at radius 2 is 2.04 bits per heavy atom. The van der Waals surface area contributed by atoms with Gasteiger partial charge in [0, 0.05) is 23.3 Å². The minimum absolute atomic E-state index is 0.00252. The van der Waals surface area contributed by atoms with Gasteiger partial charge in [-0.05, 0) is 30.2 Å². The Bertz CT molecular complexity index is 942. The second-order valence-corrected chi connectivity index (χ2v) is 5.34. The summed E-state index contributed by atoms with van der Waals surface area (Å²) in [6.45, 7) is 1.46. The Labute approximate surface area is 136 Å². The average Bonchev–Trinajstić information content (AvgIpc) is 2.70. The van der Waals surface area contributed by atoms with E-state index in [9.17, 15) is 18.8 Å². The maximum atomic E-state index is 14.4. The summed E-state index contributed by atoms with van der Waals surface area (Å²) in [6, 6.07) is 8.03. The fourth-order valence-corrected chi connectivity index (χ4v) is 2.73. The minimum Gasteiger partial charge on any atom is -0.488 e. The molecule has 0 aliphatic carbocycles. The molecule has 4 nitrogen and oxygen atoms in total. The molecule has 1 aliphatic heterocycles. The topological polar surface area (TPSA) is 70.3 Å². The number of halogens is 2. The first-order valence-electron chi connectivity index (χ1n) is 7.02. The monoisotopic (exact) mass is 327 g/mol. The largest absolute Gasteiger partial charge is 0.488 e. The Morgan fingerprint density at radius 3 is 2.71 bits per heavy atom. The lowest BCUT2D eigenvalue weighted by Crippen LogP contribution is -2.02. The highest BCUT2D eigenvalue weighted by Gasteiger charge is 2.26. The first kappa shape index (κ1) is 15.7. The number of nitrogens with zero attached hydrogens (tertiary/aromatic N) is 1. The normalized spacial score (nSPS) is 14.6. The highest BCUT2D eigenvalue weighted by atomic mass is 19.1. The Balaban J connectivity index is 2.35. The third-order valence-electron chi connectivity index (χ3n) is 3.82. The fraction of sp³-hybridized carbons (Fsp3) is 0.111. The molecular formula is C18H11F2NO3. The van der Waals surface area contributed by atoms with E-state index in [2.05, 4.69) is 0 Å². The molecule has 120 valence electrons. The highest BCUT2D eigenvalue weighted by Crippen LogP contribution is 2.40. The van der Waals surface area contributed by atoms with Crippen LogP contribution in [0.4, 0.5) is 8.78 Å². The smallest absolute Gasteiger partial charge is 0.335 e. The maximum absolute atomic E-state index is 14.4. The van der Waals surface area contributed by atoms with Crippen LogP contribution in [0.1, 0.15) is 34.0 Å². The predicted molar refractivity (Wildman–Crippen MR) is 81.4 cm³/mol. The maximum Gasteiger partial charge on any atom is 0.335 e. The molecule has 1 N–H and O–H groups in total. The molecule has 0 fully saturated rings. The molecule has 24 heavy (non-hydrogen) atoms. The summed E-state index contributed by atoms with van der Waals surface area (Å²) in [6.07, 6.45) is 0. The van der Waals surface area contributed by atoms with Gasteiger partial charge in [-0.25, -0.2) is 13.6 Å². The first-order chi connectivity index (χ1) is 11.4. The van der Waals surface area contributed by atoms with Gasteiger partial charge in [-0.2, -0.15) is 5.26 Å². The van der Waals surface area contributed by atoms with Crippen molar-refractivity contribution in [2.75, 3.05) is 0 Å². The van der Waals surface area contributed by atoms with Crippen LogP contribution in [-0.4, -0.2) is 11.1 Å². The van der Waals surface area contributed by atoms with Gasteiger partial charge >= 0.3 is 5.97 Å². The molecule has 0 unspecified atom stereocenters. The Morgan fingerprint density at radius 1 is 1.29 bits per heavy atom. The summed E-state index contributed by atoms with van der Waals surface area (Å²) in [4.78, 5) is 11.1. The van der Waals surface area contributed by atoms with E-state index in [-0.39, 0.29) is 34.6 Å². The van der Waals surface area contributed by atoms with E-state index in [4.69, 9.17) is 9.84 Å². The number of carbonyl (C=O) groups is 1. The van der Waals surface area contributed by atoms with Crippen molar-refractivity contribution in [3.63, 3.8) is 0 Å². The molecule has 0 saturated carbocycles. The van der Waals surface area contributed by atoms with E-state index in [0.29, 0.717) is 11.1 Å². The van der Waals surface area contributed by atoms with Crippen molar-refractivity contribution >= 4 is 11.5 Å². The number of rotatable bonds is 1. The zero-order chi connectivity index (χ0) is 17.4. The molecule has 0 aromatic heterocycles. The molecule has 3 rings (SSSR count). The third-order valence-corrected chi connectivity index (χ3v) is 3.82. The van der Waals surface area contributed by atoms with Crippen molar-refractivity contribution in [3.8, 4) is 11.8 Å². The van der Waals surface area contributed by atoms with Crippen LogP contribution in [0.2, 0.25) is 0 Å². The van der Waals surface area contributed by atoms with E-state index < -0.39 is 17.6 Å². The lowest BCUT2D eigenvalue weighted by Gasteiger charge is -2.12. The van der Waals surface area contributed by atoms with Crippen molar-refractivity contribution < 1.29 is 23.4 Å². The Kier molecular flexibility index (Phi) is 3.78. The van der Waals surface area contributed by atoms with E-state index in [1.807, 2.05) is 6.07 Å².